The zero-order chi connectivity index (χ0) is 16.4. The quantitative estimate of drug-likeness (QED) is 0.622. The molecule has 0 aliphatic carbocycles. The number of rotatable bonds is 4. The predicted molar refractivity (Wildman–Crippen MR) is 74.4 cm³/mol. The maximum atomic E-state index is 12.3. The van der Waals surface area contributed by atoms with Crippen LogP contribution in [0.2, 0.25) is 0 Å². The van der Waals surface area contributed by atoms with Crippen molar-refractivity contribution >= 4 is 6.09 Å². The van der Waals surface area contributed by atoms with Gasteiger partial charge in [0, 0.05) is 11.3 Å². The van der Waals surface area contributed by atoms with Crippen molar-refractivity contribution in [3.8, 4) is 0 Å². The van der Waals surface area contributed by atoms with Gasteiger partial charge in [-0.1, -0.05) is 0 Å². The van der Waals surface area contributed by atoms with Crippen LogP contribution in [0.15, 0.2) is 0 Å². The second kappa shape index (κ2) is 6.15. The molecule has 1 saturated heterocycles. The summed E-state index contributed by atoms with van der Waals surface area (Å²) in [5.41, 5.74) is -1.53. The molecule has 0 aromatic heterocycles. The first-order valence-electron chi connectivity index (χ1n) is 6.88. The third-order valence-corrected chi connectivity index (χ3v) is 3.07. The number of aliphatic hydroxyl groups is 1. The highest BCUT2D eigenvalue weighted by Gasteiger charge is 2.46. The van der Waals surface area contributed by atoms with Crippen molar-refractivity contribution in [3.05, 3.63) is 10.1 Å². The molecule has 0 radical (unpaired) electrons. The van der Waals surface area contributed by atoms with Crippen LogP contribution in [0, 0.1) is 10.1 Å². The third-order valence-electron chi connectivity index (χ3n) is 3.07. The van der Waals surface area contributed by atoms with Crippen LogP contribution in [0.4, 0.5) is 4.79 Å². The van der Waals surface area contributed by atoms with Crippen molar-refractivity contribution in [1.82, 2.24) is 4.90 Å². The monoisotopic (exact) mass is 304 g/mol. The van der Waals surface area contributed by atoms with Gasteiger partial charge < -0.3 is 14.6 Å². The topological polar surface area (TPSA) is 102 Å². The van der Waals surface area contributed by atoms with Crippen molar-refractivity contribution in [2.45, 2.75) is 64.5 Å². The molecule has 1 amide bonds. The van der Waals surface area contributed by atoms with Crippen LogP contribution in [0.25, 0.3) is 0 Å². The summed E-state index contributed by atoms with van der Waals surface area (Å²) in [7, 11) is 0. The van der Waals surface area contributed by atoms with Crippen LogP contribution >= 0.6 is 0 Å². The van der Waals surface area contributed by atoms with Gasteiger partial charge in [-0.3, -0.25) is 15.0 Å². The fraction of sp³-hybridized carbons (Fsp3) is 0.923. The highest BCUT2D eigenvalue weighted by Crippen LogP contribution is 2.31. The van der Waals surface area contributed by atoms with E-state index in [1.165, 1.54) is 4.90 Å². The van der Waals surface area contributed by atoms with E-state index in [0.29, 0.717) is 0 Å². The Morgan fingerprint density at radius 1 is 1.57 bits per heavy atom. The minimum Gasteiger partial charge on any atom is -0.444 e. The van der Waals surface area contributed by atoms with E-state index in [1.54, 1.807) is 34.6 Å². The molecule has 1 N–H and O–H groups in total. The summed E-state index contributed by atoms with van der Waals surface area (Å²) in [6, 6.07) is -0.454. The number of nitrogens with zero attached hydrogens (tertiary/aromatic N) is 2. The molecule has 1 rings (SSSR count). The number of aliphatic hydroxyl groups excluding tert-OH is 1. The van der Waals surface area contributed by atoms with E-state index in [4.69, 9.17) is 9.47 Å². The smallest absolute Gasteiger partial charge is 0.412 e. The molecule has 122 valence electrons. The van der Waals surface area contributed by atoms with Crippen molar-refractivity contribution in [2.24, 2.45) is 0 Å². The normalized spacial score (nSPS) is 23.0. The second-order valence-corrected chi connectivity index (χ2v) is 6.67. The first kappa shape index (κ1) is 17.6. The lowest BCUT2D eigenvalue weighted by atomic mass is 10.1. The summed E-state index contributed by atoms with van der Waals surface area (Å²) in [4.78, 5) is 23.5. The van der Waals surface area contributed by atoms with E-state index in [1.807, 2.05) is 0 Å². The minimum atomic E-state index is -1.13. The first-order valence-corrected chi connectivity index (χ1v) is 6.88. The average molecular weight is 304 g/mol. The Kier molecular flexibility index (Phi) is 5.16. The molecule has 1 aliphatic rings. The van der Waals surface area contributed by atoms with Gasteiger partial charge in [-0.25, -0.2) is 4.79 Å². The number of amides is 1. The Morgan fingerprint density at radius 2 is 2.14 bits per heavy atom. The van der Waals surface area contributed by atoms with Gasteiger partial charge in [-0.15, -0.1) is 0 Å². The second-order valence-electron chi connectivity index (χ2n) is 6.67. The van der Waals surface area contributed by atoms with Gasteiger partial charge >= 0.3 is 6.09 Å². The van der Waals surface area contributed by atoms with Gasteiger partial charge in [0.05, 0.1) is 12.6 Å². The maximum absolute atomic E-state index is 12.3. The van der Waals surface area contributed by atoms with Crippen molar-refractivity contribution in [2.75, 3.05) is 13.2 Å². The van der Waals surface area contributed by atoms with E-state index in [2.05, 4.69) is 0 Å². The highest BCUT2D eigenvalue weighted by atomic mass is 16.6. The van der Waals surface area contributed by atoms with Gasteiger partial charge in [0.1, 0.15) is 17.4 Å². The van der Waals surface area contributed by atoms with E-state index in [0.717, 1.165) is 0 Å². The minimum absolute atomic E-state index is 0.0731. The molecule has 21 heavy (non-hydrogen) atoms. The molecule has 8 heteroatoms. The number of hydrogen-bond acceptors (Lipinski definition) is 6. The molecule has 0 bridgehead atoms. The molecule has 0 saturated carbocycles. The largest absolute Gasteiger partial charge is 0.444 e. The molecular formula is C13H24N2O6. The lowest BCUT2D eigenvalue weighted by Crippen LogP contribution is -2.50. The van der Waals surface area contributed by atoms with Crippen LogP contribution in [0.5, 0.6) is 0 Å². The van der Waals surface area contributed by atoms with E-state index >= 15 is 0 Å². The fourth-order valence-corrected chi connectivity index (χ4v) is 2.30. The molecule has 0 spiro atoms. The maximum Gasteiger partial charge on any atom is 0.412 e. The van der Waals surface area contributed by atoms with Gasteiger partial charge in [-0.05, 0) is 34.6 Å². The number of carbonyl (C=O) groups excluding carboxylic acids is 1. The zero-order valence-electron chi connectivity index (χ0n) is 13.2. The molecule has 2 atom stereocenters. The predicted octanol–water partition coefficient (Wildman–Crippen LogP) is 1.39. The Morgan fingerprint density at radius 3 is 2.62 bits per heavy atom. The number of nitro groups is 1. The summed E-state index contributed by atoms with van der Waals surface area (Å²) in [6.45, 7) is 8.36. The molecule has 0 aromatic rings. The standard InChI is InChI=1S/C13H24N2O6/c1-12(2,3)21-11(17)15-9(8-20-13(15,4)5)6-10(16)7-14(18)19/h9-10,16H,6-8H2,1-5H3/t9-,10+/m0/s1. The van der Waals surface area contributed by atoms with Gasteiger partial charge in [0.25, 0.3) is 0 Å². The van der Waals surface area contributed by atoms with Crippen LogP contribution in [0.1, 0.15) is 41.0 Å². The highest BCUT2D eigenvalue weighted by molar-refractivity contribution is 5.69. The summed E-state index contributed by atoms with van der Waals surface area (Å²) >= 11 is 0. The third kappa shape index (κ3) is 5.13. The van der Waals surface area contributed by atoms with Crippen molar-refractivity contribution in [3.63, 3.8) is 0 Å². The van der Waals surface area contributed by atoms with Gasteiger partial charge in [0.15, 0.2) is 0 Å². The van der Waals surface area contributed by atoms with Crippen molar-refractivity contribution in [1.29, 1.82) is 0 Å². The molecule has 0 unspecified atom stereocenters. The Hall–Kier alpha value is -1.41. The van der Waals surface area contributed by atoms with Crippen molar-refractivity contribution < 1.29 is 24.3 Å². The molecule has 0 aromatic carbocycles. The Bertz CT molecular complexity index is 404. The Balaban J connectivity index is 2.79. The molecule has 1 aliphatic heterocycles. The zero-order valence-corrected chi connectivity index (χ0v) is 13.2. The Labute approximate surface area is 124 Å². The molecular weight excluding hydrogens is 280 g/mol. The van der Waals surface area contributed by atoms with E-state index in [-0.39, 0.29) is 13.0 Å². The van der Waals surface area contributed by atoms with Crippen LogP contribution in [0.3, 0.4) is 0 Å². The SMILES string of the molecule is CC(C)(C)OC(=O)N1[C@@H](C[C@@H](O)C[N+](=O)[O-])COC1(C)C. The number of ether oxygens (including phenoxy) is 2. The van der Waals surface area contributed by atoms with Crippen LogP contribution in [-0.4, -0.2) is 57.6 Å². The average Bonchev–Trinajstić information content (AvgIpc) is 2.49. The lowest BCUT2D eigenvalue weighted by Gasteiger charge is -2.35. The number of hydrogen-bond donors (Lipinski definition) is 1. The van der Waals surface area contributed by atoms with E-state index < -0.39 is 41.0 Å². The summed E-state index contributed by atoms with van der Waals surface area (Å²) in [5.74, 6) is 0. The molecule has 1 fully saturated rings. The first-order chi connectivity index (χ1) is 9.42. The van der Waals surface area contributed by atoms with Crippen LogP contribution < -0.4 is 0 Å². The summed E-state index contributed by atoms with van der Waals surface area (Å²) < 4.78 is 10.9. The van der Waals surface area contributed by atoms with Crippen LogP contribution in [-0.2, 0) is 9.47 Å². The molecule has 1 heterocycles. The summed E-state index contributed by atoms with van der Waals surface area (Å²) in [6.07, 6.45) is -1.61. The lowest BCUT2D eigenvalue weighted by molar-refractivity contribution is -0.490. The fourth-order valence-electron chi connectivity index (χ4n) is 2.30. The van der Waals surface area contributed by atoms with Gasteiger partial charge in [0.2, 0.25) is 6.54 Å². The summed E-state index contributed by atoms with van der Waals surface area (Å²) in [5, 5.41) is 20.1. The number of carbonyl (C=O) groups is 1. The van der Waals surface area contributed by atoms with Gasteiger partial charge in [-0.2, -0.15) is 0 Å². The van der Waals surface area contributed by atoms with E-state index in [9.17, 15) is 20.0 Å². The molecule has 8 nitrogen and oxygen atoms in total.